The second-order valence-corrected chi connectivity index (χ2v) is 5.97. The molecule has 0 aromatic heterocycles. The average Bonchev–Trinajstić information content (AvgIpc) is 2.69. The van der Waals surface area contributed by atoms with E-state index in [-0.39, 0.29) is 23.2 Å². The van der Waals surface area contributed by atoms with Gasteiger partial charge in [0.15, 0.2) is 5.78 Å². The fourth-order valence-electron chi connectivity index (χ4n) is 2.66. The molecule has 3 aromatic rings. The summed E-state index contributed by atoms with van der Waals surface area (Å²) in [4.78, 5) is 27.1. The van der Waals surface area contributed by atoms with Gasteiger partial charge < -0.3 is 6.15 Å². The number of ketones is 1. The summed E-state index contributed by atoms with van der Waals surface area (Å²) < 4.78 is 0. The minimum Gasteiger partial charge on any atom is -0.344 e. The number of anilines is 2. The Morgan fingerprint density at radius 3 is 1.92 bits per heavy atom. The molecule has 26 heavy (non-hydrogen) atoms. The van der Waals surface area contributed by atoms with E-state index in [0.717, 1.165) is 5.69 Å². The van der Waals surface area contributed by atoms with Crippen LogP contribution in [0.25, 0.3) is 0 Å². The molecule has 3 aromatic carbocycles. The highest BCUT2D eigenvalue weighted by Crippen LogP contribution is 2.30. The highest BCUT2D eigenvalue weighted by molar-refractivity contribution is 9.09. The summed E-state index contributed by atoms with van der Waals surface area (Å²) in [5.41, 5.74) is 2.38. The number of para-hydroxylation sites is 2. The molecule has 0 radical (unpaired) electrons. The van der Waals surface area contributed by atoms with Crippen LogP contribution in [0.2, 0.25) is 0 Å². The van der Waals surface area contributed by atoms with Crippen molar-refractivity contribution >= 4 is 39.0 Å². The van der Waals surface area contributed by atoms with Crippen molar-refractivity contribution in [2.45, 2.75) is 0 Å². The third-order valence-corrected chi connectivity index (χ3v) is 4.28. The lowest BCUT2D eigenvalue weighted by Crippen LogP contribution is -2.28. The fourth-order valence-corrected chi connectivity index (χ4v) is 2.91. The third kappa shape index (κ3) is 4.07. The maximum absolute atomic E-state index is 13.0. The van der Waals surface area contributed by atoms with Gasteiger partial charge in [-0.05, 0) is 24.3 Å². The largest absolute Gasteiger partial charge is 0.344 e. The van der Waals surface area contributed by atoms with E-state index >= 15 is 0 Å². The summed E-state index contributed by atoms with van der Waals surface area (Å²) in [6, 6.07) is 25.6. The first-order chi connectivity index (χ1) is 12.2. The molecular formula is C21H19BrN2O2. The molecule has 1 amide bonds. The van der Waals surface area contributed by atoms with Crippen molar-refractivity contribution in [3.05, 3.63) is 96.1 Å². The maximum Gasteiger partial charge on any atom is 0.242 e. The van der Waals surface area contributed by atoms with Crippen LogP contribution in [0.5, 0.6) is 0 Å². The molecule has 0 atom stereocenters. The van der Waals surface area contributed by atoms with Gasteiger partial charge in [-0.3, -0.25) is 14.5 Å². The van der Waals surface area contributed by atoms with Crippen molar-refractivity contribution in [3.8, 4) is 0 Å². The smallest absolute Gasteiger partial charge is 0.242 e. The predicted octanol–water partition coefficient (Wildman–Crippen LogP) is 5.14. The number of hydrogen-bond acceptors (Lipinski definition) is 3. The van der Waals surface area contributed by atoms with E-state index in [1.54, 1.807) is 29.2 Å². The molecule has 0 aliphatic rings. The van der Waals surface area contributed by atoms with Crippen LogP contribution < -0.4 is 11.1 Å². The number of rotatable bonds is 5. The fraction of sp³-hybridized carbons (Fsp3) is 0.0476. The van der Waals surface area contributed by atoms with E-state index in [4.69, 9.17) is 0 Å². The zero-order valence-corrected chi connectivity index (χ0v) is 15.7. The molecule has 4 nitrogen and oxygen atoms in total. The van der Waals surface area contributed by atoms with Gasteiger partial charge in [0.2, 0.25) is 5.91 Å². The van der Waals surface area contributed by atoms with E-state index in [1.807, 2.05) is 60.7 Å². The van der Waals surface area contributed by atoms with Crippen molar-refractivity contribution in [1.29, 1.82) is 0 Å². The van der Waals surface area contributed by atoms with Crippen molar-refractivity contribution < 1.29 is 9.59 Å². The second kappa shape index (κ2) is 9.08. The van der Waals surface area contributed by atoms with Gasteiger partial charge in [-0.2, -0.15) is 0 Å². The number of benzene rings is 3. The minimum atomic E-state index is -0.139. The predicted molar refractivity (Wildman–Crippen MR) is 109 cm³/mol. The average molecular weight is 411 g/mol. The number of nitrogens with zero attached hydrogens (tertiary/aromatic N) is 1. The van der Waals surface area contributed by atoms with E-state index in [1.165, 1.54) is 0 Å². The number of amides is 1. The quantitative estimate of drug-likeness (QED) is 0.467. The summed E-state index contributed by atoms with van der Waals surface area (Å²) in [5.74, 6) is -0.251. The van der Waals surface area contributed by atoms with Crippen molar-refractivity contribution in [2.24, 2.45) is 0 Å². The van der Waals surface area contributed by atoms with Gasteiger partial charge in [0.25, 0.3) is 0 Å². The molecule has 0 heterocycles. The van der Waals surface area contributed by atoms with Crippen LogP contribution in [0, 0.1) is 0 Å². The van der Waals surface area contributed by atoms with Crippen molar-refractivity contribution in [1.82, 2.24) is 6.15 Å². The van der Waals surface area contributed by atoms with Crippen LogP contribution >= 0.6 is 15.9 Å². The Morgan fingerprint density at radius 2 is 1.31 bits per heavy atom. The molecule has 0 aliphatic heterocycles. The molecule has 0 saturated carbocycles. The van der Waals surface area contributed by atoms with Gasteiger partial charge in [-0.1, -0.05) is 76.6 Å². The summed E-state index contributed by atoms with van der Waals surface area (Å²) in [7, 11) is 0. The van der Waals surface area contributed by atoms with Crippen LogP contribution in [0.4, 0.5) is 11.4 Å². The Balaban J connectivity index is 0.00000243. The summed E-state index contributed by atoms with van der Waals surface area (Å²) in [6.07, 6.45) is 0. The van der Waals surface area contributed by atoms with Gasteiger partial charge in [-0.15, -0.1) is 0 Å². The third-order valence-electron chi connectivity index (χ3n) is 3.80. The molecule has 0 spiro atoms. The molecule has 0 fully saturated rings. The van der Waals surface area contributed by atoms with Crippen LogP contribution in [0.3, 0.4) is 0 Å². The number of alkyl halides is 1. The standard InChI is InChI=1S/C21H16BrNO2.H3N/c22-15-20(24)23(17-11-5-2-6-12-17)19-14-8-7-13-18(19)21(25)16-9-3-1-4-10-16;/h1-14H,15H2;1H3. The Labute approximate surface area is 161 Å². The SMILES string of the molecule is N.O=C(c1ccccc1)c1ccccc1N(C(=O)CBr)c1ccccc1. The topological polar surface area (TPSA) is 72.4 Å². The second-order valence-electron chi connectivity index (χ2n) is 5.41. The zero-order chi connectivity index (χ0) is 17.6. The van der Waals surface area contributed by atoms with Crippen LogP contribution in [0.15, 0.2) is 84.9 Å². The lowest BCUT2D eigenvalue weighted by Gasteiger charge is -2.24. The molecule has 0 unspecified atom stereocenters. The van der Waals surface area contributed by atoms with E-state index < -0.39 is 0 Å². The van der Waals surface area contributed by atoms with Gasteiger partial charge in [0.1, 0.15) is 0 Å². The molecule has 0 bridgehead atoms. The minimum absolute atomic E-state index is 0. The number of carbonyl (C=O) groups is 2. The van der Waals surface area contributed by atoms with Crippen molar-refractivity contribution in [2.75, 3.05) is 10.2 Å². The lowest BCUT2D eigenvalue weighted by molar-refractivity contribution is -0.115. The Morgan fingerprint density at radius 1 is 0.769 bits per heavy atom. The Hall–Kier alpha value is -2.76. The molecule has 3 N–H and O–H groups in total. The highest BCUT2D eigenvalue weighted by Gasteiger charge is 2.22. The normalized spacial score (nSPS) is 9.88. The Kier molecular flexibility index (Phi) is 6.83. The first kappa shape index (κ1) is 19.6. The Bertz CT molecular complexity index is 883. The molecule has 3 rings (SSSR count). The first-order valence-corrected chi connectivity index (χ1v) is 8.97. The lowest BCUT2D eigenvalue weighted by atomic mass is 10.0. The first-order valence-electron chi connectivity index (χ1n) is 7.85. The summed E-state index contributed by atoms with van der Waals surface area (Å²) in [6.45, 7) is 0. The monoisotopic (exact) mass is 410 g/mol. The van der Waals surface area contributed by atoms with E-state index in [0.29, 0.717) is 16.8 Å². The summed E-state index contributed by atoms with van der Waals surface area (Å²) >= 11 is 3.24. The van der Waals surface area contributed by atoms with Crippen LogP contribution in [0.1, 0.15) is 15.9 Å². The van der Waals surface area contributed by atoms with Crippen molar-refractivity contribution in [3.63, 3.8) is 0 Å². The number of hydrogen-bond donors (Lipinski definition) is 1. The van der Waals surface area contributed by atoms with Crippen LogP contribution in [-0.4, -0.2) is 17.0 Å². The van der Waals surface area contributed by atoms with Gasteiger partial charge >= 0.3 is 0 Å². The van der Waals surface area contributed by atoms with E-state index in [9.17, 15) is 9.59 Å². The molecule has 132 valence electrons. The number of carbonyl (C=O) groups excluding carboxylic acids is 2. The summed E-state index contributed by atoms with van der Waals surface area (Å²) in [5, 5.41) is 0.162. The maximum atomic E-state index is 13.0. The van der Waals surface area contributed by atoms with Crippen LogP contribution in [-0.2, 0) is 4.79 Å². The van der Waals surface area contributed by atoms with E-state index in [2.05, 4.69) is 15.9 Å². The molecule has 0 aliphatic carbocycles. The van der Waals surface area contributed by atoms with Gasteiger partial charge in [-0.25, -0.2) is 0 Å². The highest BCUT2D eigenvalue weighted by atomic mass is 79.9. The van der Waals surface area contributed by atoms with Gasteiger partial charge in [0, 0.05) is 16.8 Å². The molecule has 0 saturated heterocycles. The molecule has 5 heteroatoms. The van der Waals surface area contributed by atoms with Gasteiger partial charge in [0.05, 0.1) is 11.0 Å². The number of halogens is 1. The molecular weight excluding hydrogens is 392 g/mol. The zero-order valence-electron chi connectivity index (χ0n) is 14.1.